The summed E-state index contributed by atoms with van der Waals surface area (Å²) in [6.45, 7) is 7.51. The van der Waals surface area contributed by atoms with Crippen LogP contribution in [-0.2, 0) is 9.73 Å². The molecule has 0 radical (unpaired) electrons. The van der Waals surface area contributed by atoms with Crippen LogP contribution in [0.15, 0.2) is 41.0 Å². The molecule has 1 aromatic carbocycles. The summed E-state index contributed by atoms with van der Waals surface area (Å²) in [5.41, 5.74) is 4.25. The van der Waals surface area contributed by atoms with Gasteiger partial charge in [-0.05, 0) is 24.6 Å². The van der Waals surface area contributed by atoms with E-state index in [1.54, 1.807) is 30.7 Å². The first-order chi connectivity index (χ1) is 13.5. The predicted octanol–water partition coefficient (Wildman–Crippen LogP) is 3.40. The number of benzene rings is 1. The number of thiazole rings is 1. The van der Waals surface area contributed by atoms with Gasteiger partial charge in [-0.3, -0.25) is 4.90 Å². The van der Waals surface area contributed by atoms with Gasteiger partial charge in [0.25, 0.3) is 0 Å². The van der Waals surface area contributed by atoms with E-state index in [9.17, 15) is 4.21 Å². The Morgan fingerprint density at radius 1 is 1.18 bits per heavy atom. The Morgan fingerprint density at radius 3 is 2.57 bits per heavy atom. The maximum atomic E-state index is 12.1. The third-order valence-corrected chi connectivity index (χ3v) is 7.98. The van der Waals surface area contributed by atoms with E-state index in [0.29, 0.717) is 16.9 Å². The summed E-state index contributed by atoms with van der Waals surface area (Å²) in [5, 5.41) is 0. The zero-order valence-corrected chi connectivity index (χ0v) is 17.7. The van der Waals surface area contributed by atoms with Gasteiger partial charge < -0.3 is 4.90 Å². The number of rotatable bonds is 5. The lowest BCUT2D eigenvalue weighted by Crippen LogP contribution is -2.47. The van der Waals surface area contributed by atoms with E-state index in [0.717, 1.165) is 31.7 Å². The van der Waals surface area contributed by atoms with Gasteiger partial charge in [0, 0.05) is 50.4 Å². The molecule has 28 heavy (non-hydrogen) atoms. The largest absolute Gasteiger partial charge is 0.338 e. The third-order valence-electron chi connectivity index (χ3n) is 5.38. The van der Waals surface area contributed by atoms with Crippen molar-refractivity contribution >= 4 is 37.2 Å². The molecule has 0 aliphatic carbocycles. The Kier molecular flexibility index (Phi) is 5.31. The molecule has 1 aliphatic heterocycles. The van der Waals surface area contributed by atoms with Crippen molar-refractivity contribution in [1.82, 2.24) is 19.9 Å². The van der Waals surface area contributed by atoms with Crippen molar-refractivity contribution in [3.8, 4) is 0 Å². The highest BCUT2D eigenvalue weighted by atomic mass is 32.2. The van der Waals surface area contributed by atoms with Crippen molar-refractivity contribution in [2.75, 3.05) is 36.8 Å². The third kappa shape index (κ3) is 3.74. The SMILES string of the molecule is CC[S@@](=N)(=O)c1cnc(N2CCN([C@H](C)c3ccc4scnc4c3)CC2)nc1. The van der Waals surface area contributed by atoms with Gasteiger partial charge in [-0.15, -0.1) is 11.3 Å². The van der Waals surface area contributed by atoms with Crippen LogP contribution in [0.4, 0.5) is 5.95 Å². The summed E-state index contributed by atoms with van der Waals surface area (Å²) in [6, 6.07) is 6.88. The van der Waals surface area contributed by atoms with Crippen molar-refractivity contribution in [3.63, 3.8) is 0 Å². The van der Waals surface area contributed by atoms with Crippen LogP contribution in [0.5, 0.6) is 0 Å². The van der Waals surface area contributed by atoms with E-state index >= 15 is 0 Å². The summed E-state index contributed by atoms with van der Waals surface area (Å²) in [6.07, 6.45) is 3.08. The topological polar surface area (TPSA) is 86.1 Å². The molecule has 0 unspecified atom stereocenters. The number of anilines is 1. The second-order valence-corrected chi connectivity index (χ2v) is 10.2. The summed E-state index contributed by atoms with van der Waals surface area (Å²) in [7, 11) is -2.76. The van der Waals surface area contributed by atoms with Crippen molar-refractivity contribution in [3.05, 3.63) is 41.7 Å². The van der Waals surface area contributed by atoms with Crippen LogP contribution >= 0.6 is 11.3 Å². The Labute approximate surface area is 169 Å². The van der Waals surface area contributed by atoms with E-state index in [-0.39, 0.29) is 5.75 Å². The smallest absolute Gasteiger partial charge is 0.225 e. The molecule has 4 rings (SSSR count). The minimum Gasteiger partial charge on any atom is -0.338 e. The first-order valence-electron chi connectivity index (χ1n) is 9.38. The molecule has 0 spiro atoms. The molecule has 1 aliphatic rings. The minimum absolute atomic E-state index is 0.277. The van der Waals surface area contributed by atoms with Crippen LogP contribution in [0.1, 0.15) is 25.5 Å². The van der Waals surface area contributed by atoms with E-state index in [2.05, 4.69) is 49.9 Å². The van der Waals surface area contributed by atoms with Gasteiger partial charge >= 0.3 is 0 Å². The molecule has 0 amide bonds. The van der Waals surface area contributed by atoms with Crippen LogP contribution in [0.2, 0.25) is 0 Å². The van der Waals surface area contributed by atoms with Crippen molar-refractivity contribution in [1.29, 1.82) is 4.78 Å². The van der Waals surface area contributed by atoms with Gasteiger partial charge in [-0.25, -0.2) is 23.9 Å². The zero-order chi connectivity index (χ0) is 19.7. The van der Waals surface area contributed by atoms with Gasteiger partial charge in [-0.2, -0.15) is 0 Å². The first-order valence-corrected chi connectivity index (χ1v) is 12.0. The second-order valence-electron chi connectivity index (χ2n) is 6.96. The quantitative estimate of drug-likeness (QED) is 0.686. The first kappa shape index (κ1) is 19.2. The molecule has 7 nitrogen and oxygen atoms in total. The number of aromatic nitrogens is 3. The fraction of sp³-hybridized carbons (Fsp3) is 0.421. The molecule has 2 aromatic heterocycles. The Bertz CT molecular complexity index is 1060. The molecule has 1 N–H and O–H groups in total. The molecule has 0 saturated carbocycles. The predicted molar refractivity (Wildman–Crippen MR) is 114 cm³/mol. The molecule has 9 heteroatoms. The lowest BCUT2D eigenvalue weighted by atomic mass is 10.1. The van der Waals surface area contributed by atoms with Crippen LogP contribution in [0.3, 0.4) is 0 Å². The van der Waals surface area contributed by atoms with E-state index in [1.807, 2.05) is 5.51 Å². The zero-order valence-electron chi connectivity index (χ0n) is 16.0. The monoisotopic (exact) mass is 416 g/mol. The molecular weight excluding hydrogens is 392 g/mol. The number of hydrogen-bond donors (Lipinski definition) is 1. The number of nitrogens with one attached hydrogen (secondary N) is 1. The van der Waals surface area contributed by atoms with Crippen molar-refractivity contribution < 1.29 is 4.21 Å². The van der Waals surface area contributed by atoms with Gasteiger partial charge in [0.1, 0.15) is 0 Å². The van der Waals surface area contributed by atoms with Gasteiger partial charge in [-0.1, -0.05) is 13.0 Å². The lowest BCUT2D eigenvalue weighted by molar-refractivity contribution is 0.198. The highest BCUT2D eigenvalue weighted by Gasteiger charge is 2.24. The van der Waals surface area contributed by atoms with Gasteiger partial charge in [0.2, 0.25) is 5.95 Å². The van der Waals surface area contributed by atoms with Crippen LogP contribution < -0.4 is 4.90 Å². The average molecular weight is 417 g/mol. The van der Waals surface area contributed by atoms with Gasteiger partial charge in [0.15, 0.2) is 0 Å². The van der Waals surface area contributed by atoms with Crippen molar-refractivity contribution in [2.45, 2.75) is 24.8 Å². The summed E-state index contributed by atoms with van der Waals surface area (Å²) >= 11 is 1.67. The average Bonchev–Trinajstić information content (AvgIpc) is 3.21. The lowest BCUT2D eigenvalue weighted by Gasteiger charge is -2.38. The Morgan fingerprint density at radius 2 is 1.89 bits per heavy atom. The highest BCUT2D eigenvalue weighted by molar-refractivity contribution is 7.92. The van der Waals surface area contributed by atoms with Gasteiger partial charge in [0.05, 0.1) is 30.4 Å². The molecule has 1 saturated heterocycles. The van der Waals surface area contributed by atoms with Crippen LogP contribution in [0.25, 0.3) is 10.2 Å². The highest BCUT2D eigenvalue weighted by Crippen LogP contribution is 2.27. The maximum absolute atomic E-state index is 12.1. The number of hydrogen-bond acceptors (Lipinski definition) is 8. The summed E-state index contributed by atoms with van der Waals surface area (Å²) in [5.74, 6) is 0.921. The Balaban J connectivity index is 1.41. The normalized spacial score (nSPS) is 18.9. The molecule has 3 heterocycles. The fourth-order valence-corrected chi connectivity index (χ4v) is 4.90. The number of nitrogens with zero attached hydrogens (tertiary/aromatic N) is 5. The molecule has 3 aromatic rings. The number of piperazine rings is 1. The fourth-order valence-electron chi connectivity index (χ4n) is 3.46. The van der Waals surface area contributed by atoms with E-state index < -0.39 is 9.73 Å². The molecule has 2 atom stereocenters. The molecule has 1 fully saturated rings. The summed E-state index contributed by atoms with van der Waals surface area (Å²) in [4.78, 5) is 18.2. The maximum Gasteiger partial charge on any atom is 0.225 e. The van der Waals surface area contributed by atoms with Crippen LogP contribution in [0, 0.1) is 4.78 Å². The van der Waals surface area contributed by atoms with Crippen molar-refractivity contribution in [2.24, 2.45) is 0 Å². The molecule has 148 valence electrons. The summed E-state index contributed by atoms with van der Waals surface area (Å²) < 4.78 is 21.2. The second kappa shape index (κ2) is 7.73. The Hall–Kier alpha value is -2.10. The minimum atomic E-state index is -2.76. The molecular formula is C19H24N6OS2. The van der Waals surface area contributed by atoms with E-state index in [1.165, 1.54) is 10.3 Å². The van der Waals surface area contributed by atoms with E-state index in [4.69, 9.17) is 4.78 Å². The standard InChI is InChI=1S/C19H24N6OS2/c1-3-28(20,26)16-11-21-19(22-12-16)25-8-6-24(7-9-25)14(2)15-4-5-18-17(10-15)23-13-27-18/h4-5,10-14,20H,3,6-9H2,1-2H3/t14-,28-/m1/s1. The molecule has 0 bridgehead atoms. The number of fused-ring (bicyclic) bond motifs is 1. The van der Waals surface area contributed by atoms with Crippen LogP contribution in [-0.4, -0.2) is 56.0 Å².